The van der Waals surface area contributed by atoms with Crippen LogP contribution in [0.3, 0.4) is 0 Å². The number of carbonyl (C=O) groups is 1. The highest BCUT2D eigenvalue weighted by Gasteiger charge is 2.24. The number of amides is 1. The van der Waals surface area contributed by atoms with Crippen molar-refractivity contribution in [1.82, 2.24) is 20.8 Å². The Hall–Kier alpha value is -1.73. The molecule has 20 heavy (non-hydrogen) atoms. The third-order valence-corrected chi connectivity index (χ3v) is 3.87. The van der Waals surface area contributed by atoms with Gasteiger partial charge in [0.25, 0.3) is 0 Å². The van der Waals surface area contributed by atoms with Crippen molar-refractivity contribution < 1.29 is 9.32 Å². The fourth-order valence-corrected chi connectivity index (χ4v) is 2.46. The Morgan fingerprint density at radius 1 is 1.40 bits per heavy atom. The predicted molar refractivity (Wildman–Crippen MR) is 75.0 cm³/mol. The van der Waals surface area contributed by atoms with Gasteiger partial charge in [-0.05, 0) is 11.6 Å². The lowest BCUT2D eigenvalue weighted by Crippen LogP contribution is -2.47. The maximum Gasteiger partial charge on any atom is 0.245 e. The van der Waals surface area contributed by atoms with Crippen molar-refractivity contribution in [2.45, 2.75) is 12.5 Å². The van der Waals surface area contributed by atoms with E-state index >= 15 is 0 Å². The second-order valence-corrected chi connectivity index (χ2v) is 5.41. The molecule has 0 radical (unpaired) electrons. The number of hydrogen-bond donors (Lipinski definition) is 2. The molecule has 1 unspecified atom stereocenters. The number of halogens is 1. The third-order valence-electron chi connectivity index (χ3n) is 3.10. The van der Waals surface area contributed by atoms with Crippen LogP contribution >= 0.6 is 15.9 Å². The molecule has 1 atom stereocenters. The monoisotopic (exact) mass is 336 g/mol. The van der Waals surface area contributed by atoms with Gasteiger partial charge in [-0.1, -0.05) is 39.3 Å². The molecule has 1 fully saturated rings. The number of benzene rings is 1. The fourth-order valence-electron chi connectivity index (χ4n) is 2.03. The molecule has 0 aliphatic carbocycles. The number of nitrogens with zero attached hydrogens (tertiary/aromatic N) is 2. The minimum absolute atomic E-state index is 0.0193. The Morgan fingerprint density at radius 2 is 2.25 bits per heavy atom. The highest BCUT2D eigenvalue weighted by atomic mass is 79.9. The Kier molecular flexibility index (Phi) is 3.79. The highest BCUT2D eigenvalue weighted by Crippen LogP contribution is 2.19. The van der Waals surface area contributed by atoms with Gasteiger partial charge in [0.1, 0.15) is 6.04 Å². The van der Waals surface area contributed by atoms with Crippen LogP contribution in [0.25, 0.3) is 0 Å². The first-order chi connectivity index (χ1) is 9.72. The average molecular weight is 337 g/mol. The normalized spacial score (nSPS) is 18.9. The first-order valence-electron chi connectivity index (χ1n) is 6.28. The van der Waals surface area contributed by atoms with Crippen molar-refractivity contribution in [3.8, 4) is 0 Å². The molecule has 0 bridgehead atoms. The van der Waals surface area contributed by atoms with Crippen LogP contribution < -0.4 is 10.6 Å². The van der Waals surface area contributed by atoms with Gasteiger partial charge in [0, 0.05) is 17.4 Å². The van der Waals surface area contributed by atoms with Gasteiger partial charge in [0.15, 0.2) is 5.82 Å². The van der Waals surface area contributed by atoms with E-state index in [1.165, 1.54) is 0 Å². The molecular weight excluding hydrogens is 324 g/mol. The van der Waals surface area contributed by atoms with Crippen LogP contribution in [0.5, 0.6) is 0 Å². The maximum atomic E-state index is 11.1. The van der Waals surface area contributed by atoms with Crippen LogP contribution in [0.2, 0.25) is 0 Å². The van der Waals surface area contributed by atoms with E-state index < -0.39 is 0 Å². The zero-order valence-electron chi connectivity index (χ0n) is 10.6. The summed E-state index contributed by atoms with van der Waals surface area (Å²) in [5.74, 6) is 1.12. The number of piperazine rings is 1. The summed E-state index contributed by atoms with van der Waals surface area (Å²) in [7, 11) is 0. The summed E-state index contributed by atoms with van der Waals surface area (Å²) in [6.07, 6.45) is 0.601. The zero-order valence-corrected chi connectivity index (χ0v) is 12.2. The van der Waals surface area contributed by atoms with Gasteiger partial charge < -0.3 is 9.84 Å². The molecule has 1 saturated heterocycles. The molecule has 3 rings (SSSR count). The maximum absolute atomic E-state index is 11.1. The number of nitrogens with one attached hydrogen (secondary N) is 2. The van der Waals surface area contributed by atoms with Gasteiger partial charge in [-0.2, -0.15) is 4.98 Å². The minimum Gasteiger partial charge on any atom is -0.353 e. The van der Waals surface area contributed by atoms with Crippen LogP contribution in [-0.2, 0) is 11.2 Å². The Morgan fingerprint density at radius 3 is 3.00 bits per heavy atom. The number of hydrogen-bond acceptors (Lipinski definition) is 5. The van der Waals surface area contributed by atoms with E-state index in [1.54, 1.807) is 0 Å². The summed E-state index contributed by atoms with van der Waals surface area (Å²) >= 11 is 3.50. The summed E-state index contributed by atoms with van der Waals surface area (Å²) in [5, 5.41) is 9.81. The quantitative estimate of drug-likeness (QED) is 0.879. The summed E-state index contributed by atoms with van der Waals surface area (Å²) in [5.41, 5.74) is 1.10. The molecule has 2 aromatic rings. The molecule has 104 valence electrons. The van der Waals surface area contributed by atoms with Crippen LogP contribution in [0, 0.1) is 0 Å². The largest absolute Gasteiger partial charge is 0.353 e. The van der Waals surface area contributed by atoms with Gasteiger partial charge in [0.05, 0.1) is 6.54 Å². The van der Waals surface area contributed by atoms with Gasteiger partial charge in [-0.25, -0.2) is 0 Å². The molecule has 7 heteroatoms. The molecule has 1 aliphatic rings. The van der Waals surface area contributed by atoms with Crippen molar-refractivity contribution in [2.75, 3.05) is 13.1 Å². The molecule has 6 nitrogen and oxygen atoms in total. The molecule has 2 N–H and O–H groups in total. The first kappa shape index (κ1) is 13.3. The van der Waals surface area contributed by atoms with E-state index in [4.69, 9.17) is 4.52 Å². The third kappa shape index (κ3) is 2.88. The van der Waals surface area contributed by atoms with Crippen molar-refractivity contribution in [3.05, 3.63) is 46.0 Å². The zero-order chi connectivity index (χ0) is 13.9. The molecule has 1 amide bonds. The second-order valence-electron chi connectivity index (χ2n) is 4.55. The van der Waals surface area contributed by atoms with Crippen LogP contribution in [-0.4, -0.2) is 29.1 Å². The van der Waals surface area contributed by atoms with E-state index in [9.17, 15) is 4.79 Å². The van der Waals surface area contributed by atoms with Crippen molar-refractivity contribution in [1.29, 1.82) is 0 Å². The van der Waals surface area contributed by atoms with E-state index in [0.29, 0.717) is 24.7 Å². The van der Waals surface area contributed by atoms with Crippen molar-refractivity contribution >= 4 is 21.8 Å². The van der Waals surface area contributed by atoms with Gasteiger partial charge >= 0.3 is 0 Å². The minimum atomic E-state index is -0.117. The lowest BCUT2D eigenvalue weighted by molar-refractivity contribution is -0.121. The summed E-state index contributed by atoms with van der Waals surface area (Å²) in [6, 6.07) is 7.81. The van der Waals surface area contributed by atoms with Crippen molar-refractivity contribution in [3.63, 3.8) is 0 Å². The number of aromatic nitrogens is 2. The van der Waals surface area contributed by atoms with Crippen molar-refractivity contribution in [2.24, 2.45) is 0 Å². The molecular formula is C13H13BrN4O2. The molecule has 0 spiro atoms. The summed E-state index contributed by atoms with van der Waals surface area (Å²) < 4.78 is 6.28. The van der Waals surface area contributed by atoms with Crippen LogP contribution in [0.4, 0.5) is 0 Å². The van der Waals surface area contributed by atoms with E-state index in [-0.39, 0.29) is 18.5 Å². The Balaban J connectivity index is 1.71. The van der Waals surface area contributed by atoms with Gasteiger partial charge in [-0.3, -0.25) is 10.1 Å². The molecule has 1 aliphatic heterocycles. The van der Waals surface area contributed by atoms with Crippen LogP contribution in [0.1, 0.15) is 23.3 Å². The predicted octanol–water partition coefficient (Wildman–Crippen LogP) is 1.18. The first-order valence-corrected chi connectivity index (χ1v) is 7.07. The highest BCUT2D eigenvalue weighted by molar-refractivity contribution is 9.10. The molecule has 0 saturated carbocycles. The van der Waals surface area contributed by atoms with Gasteiger partial charge in [-0.15, -0.1) is 0 Å². The molecule has 1 aromatic heterocycles. The lowest BCUT2D eigenvalue weighted by atomic mass is 10.1. The summed E-state index contributed by atoms with van der Waals surface area (Å²) in [4.78, 5) is 15.5. The SMILES string of the molecule is O=C1CNC(c2nc(Cc3ccccc3Br)no2)CN1. The lowest BCUT2D eigenvalue weighted by Gasteiger charge is -2.20. The summed E-state index contributed by atoms with van der Waals surface area (Å²) in [6.45, 7) is 0.738. The van der Waals surface area contributed by atoms with Gasteiger partial charge in [0.2, 0.25) is 11.8 Å². The average Bonchev–Trinajstić information content (AvgIpc) is 2.91. The topological polar surface area (TPSA) is 80.1 Å². The Labute approximate surface area is 124 Å². The smallest absolute Gasteiger partial charge is 0.245 e. The number of carbonyl (C=O) groups excluding carboxylic acids is 1. The van der Waals surface area contributed by atoms with Crippen LogP contribution in [0.15, 0.2) is 33.3 Å². The fraction of sp³-hybridized carbons (Fsp3) is 0.308. The standard InChI is InChI=1S/C13H13BrN4O2/c14-9-4-2-1-3-8(9)5-11-17-13(20-18-11)10-6-16-12(19)7-15-10/h1-4,10,15H,5-7H2,(H,16,19). The van der Waals surface area contributed by atoms with E-state index in [2.05, 4.69) is 36.7 Å². The number of rotatable bonds is 3. The second kappa shape index (κ2) is 5.72. The molecule has 2 heterocycles. The molecule has 1 aromatic carbocycles. The van der Waals surface area contributed by atoms with E-state index in [0.717, 1.165) is 10.0 Å². The Bertz CT molecular complexity index is 618. The van der Waals surface area contributed by atoms with E-state index in [1.807, 2.05) is 24.3 Å².